The van der Waals surface area contributed by atoms with Crippen LogP contribution in [0.5, 0.6) is 0 Å². The van der Waals surface area contributed by atoms with Crippen molar-refractivity contribution in [1.82, 2.24) is 4.90 Å². The minimum absolute atomic E-state index is 0.0849. The number of carboxylic acids is 2. The van der Waals surface area contributed by atoms with Crippen molar-refractivity contribution >= 4 is 11.9 Å². The van der Waals surface area contributed by atoms with Crippen LogP contribution in [0.15, 0.2) is 60.7 Å². The average Bonchev–Trinajstić information content (AvgIpc) is 2.96. The van der Waals surface area contributed by atoms with Crippen LogP contribution in [0.2, 0.25) is 0 Å². The minimum atomic E-state index is -1.26. The highest BCUT2D eigenvalue weighted by molar-refractivity contribution is 5.89. The van der Waals surface area contributed by atoms with E-state index in [-0.39, 0.29) is 6.10 Å². The highest BCUT2D eigenvalue weighted by Gasteiger charge is 2.28. The molecule has 1 unspecified atom stereocenters. The molecule has 0 saturated carbocycles. The number of nitrogens with zero attached hydrogens (tertiary/aromatic N) is 1. The van der Waals surface area contributed by atoms with Crippen LogP contribution in [0.1, 0.15) is 48.1 Å². The first kappa shape index (κ1) is 23.7. The summed E-state index contributed by atoms with van der Waals surface area (Å²) in [4.78, 5) is 21.6. The summed E-state index contributed by atoms with van der Waals surface area (Å²) in [6.07, 6.45) is 6.18. The van der Waals surface area contributed by atoms with Crippen LogP contribution < -0.4 is 0 Å². The quantitative estimate of drug-likeness (QED) is 0.686. The molecular weight excluding hydrogens is 406 g/mol. The van der Waals surface area contributed by atoms with Gasteiger partial charge in [0.15, 0.2) is 0 Å². The Balaban J connectivity index is 0.000000312. The van der Waals surface area contributed by atoms with Crippen LogP contribution in [-0.2, 0) is 27.2 Å². The Labute approximate surface area is 189 Å². The fourth-order valence-corrected chi connectivity index (χ4v) is 4.37. The Morgan fingerprint density at radius 2 is 1.50 bits per heavy atom. The summed E-state index contributed by atoms with van der Waals surface area (Å²) in [5.74, 6) is -2.51. The number of ether oxygens (including phenoxy) is 1. The lowest BCUT2D eigenvalue weighted by Crippen LogP contribution is -2.40. The van der Waals surface area contributed by atoms with E-state index in [0.29, 0.717) is 18.3 Å². The summed E-state index contributed by atoms with van der Waals surface area (Å²) in [6, 6.07) is 17.7. The lowest BCUT2D eigenvalue weighted by Gasteiger charge is -2.34. The van der Waals surface area contributed by atoms with Gasteiger partial charge in [-0.25, -0.2) is 9.59 Å². The van der Waals surface area contributed by atoms with Gasteiger partial charge >= 0.3 is 11.9 Å². The predicted molar refractivity (Wildman–Crippen MR) is 123 cm³/mol. The Bertz CT molecular complexity index is 891. The second kappa shape index (κ2) is 11.6. The SMILES string of the molecule is CCN1CCCC(OC2c3ccccc3CCc3ccccc32)C1.O=C(O)/C=C\C(=O)O. The molecule has 2 aliphatic rings. The molecule has 6 heteroatoms. The van der Waals surface area contributed by atoms with E-state index < -0.39 is 11.9 Å². The normalized spacial score (nSPS) is 18.7. The molecule has 0 aromatic heterocycles. The van der Waals surface area contributed by atoms with Crippen LogP contribution in [0.25, 0.3) is 0 Å². The van der Waals surface area contributed by atoms with E-state index >= 15 is 0 Å². The van der Waals surface area contributed by atoms with Gasteiger partial charge < -0.3 is 19.8 Å². The maximum Gasteiger partial charge on any atom is 0.328 e. The summed E-state index contributed by atoms with van der Waals surface area (Å²) >= 11 is 0. The lowest BCUT2D eigenvalue weighted by atomic mass is 9.96. The molecule has 170 valence electrons. The number of rotatable bonds is 5. The number of likely N-dealkylation sites (N-methyl/N-ethyl adjacent to an activating group) is 1. The molecule has 2 aromatic rings. The molecule has 6 nitrogen and oxygen atoms in total. The Kier molecular flexibility index (Phi) is 8.59. The standard InChI is InChI=1S/C22H27NO.C4H4O4/c1-2-23-15-7-10-19(16-23)24-22-20-11-5-3-8-17(20)13-14-18-9-4-6-12-21(18)22;5-3(6)1-2-4(7)8/h3-6,8-9,11-12,19,22H,2,7,10,13-16H2,1H3;1-2H,(H,5,6)(H,7,8)/b;2-1-. The molecule has 0 amide bonds. The molecule has 1 aliphatic heterocycles. The zero-order valence-electron chi connectivity index (χ0n) is 18.4. The highest BCUT2D eigenvalue weighted by Crippen LogP contribution is 2.36. The predicted octanol–water partition coefficient (Wildman–Crippen LogP) is 4.09. The molecule has 1 atom stereocenters. The third kappa shape index (κ3) is 6.52. The number of aliphatic carboxylic acids is 2. The van der Waals surface area contributed by atoms with Crippen molar-refractivity contribution < 1.29 is 24.5 Å². The van der Waals surface area contributed by atoms with Gasteiger partial charge in [-0.2, -0.15) is 0 Å². The number of likely N-dealkylation sites (tertiary alicyclic amines) is 1. The molecule has 0 bridgehead atoms. The summed E-state index contributed by atoms with van der Waals surface area (Å²) in [7, 11) is 0. The highest BCUT2D eigenvalue weighted by atomic mass is 16.5. The topological polar surface area (TPSA) is 87.1 Å². The smallest absolute Gasteiger partial charge is 0.328 e. The maximum absolute atomic E-state index is 9.55. The first-order chi connectivity index (χ1) is 15.5. The van der Waals surface area contributed by atoms with Crippen LogP contribution in [0.3, 0.4) is 0 Å². The van der Waals surface area contributed by atoms with E-state index in [1.165, 1.54) is 41.6 Å². The van der Waals surface area contributed by atoms with Gasteiger partial charge in [0.25, 0.3) is 0 Å². The van der Waals surface area contributed by atoms with E-state index in [9.17, 15) is 9.59 Å². The molecule has 1 heterocycles. The fourth-order valence-electron chi connectivity index (χ4n) is 4.37. The number of benzene rings is 2. The molecule has 2 aromatic carbocycles. The zero-order chi connectivity index (χ0) is 22.9. The van der Waals surface area contributed by atoms with Gasteiger partial charge in [-0.15, -0.1) is 0 Å². The third-order valence-electron chi connectivity index (χ3n) is 5.95. The van der Waals surface area contributed by atoms with Crippen molar-refractivity contribution in [3.05, 3.63) is 82.9 Å². The van der Waals surface area contributed by atoms with Crippen molar-refractivity contribution in [2.45, 2.75) is 44.8 Å². The summed E-state index contributed by atoms with van der Waals surface area (Å²) in [5.41, 5.74) is 5.64. The van der Waals surface area contributed by atoms with Crippen LogP contribution in [-0.4, -0.2) is 52.8 Å². The fraction of sp³-hybridized carbons (Fsp3) is 0.385. The number of aryl methyl sites for hydroxylation is 2. The third-order valence-corrected chi connectivity index (χ3v) is 5.95. The second-order valence-electron chi connectivity index (χ2n) is 8.08. The first-order valence-corrected chi connectivity index (χ1v) is 11.1. The van der Waals surface area contributed by atoms with Gasteiger partial charge in [-0.05, 0) is 61.0 Å². The molecule has 4 rings (SSSR count). The average molecular weight is 438 g/mol. The van der Waals surface area contributed by atoms with E-state index in [1.54, 1.807) is 0 Å². The number of hydrogen-bond acceptors (Lipinski definition) is 4. The molecule has 32 heavy (non-hydrogen) atoms. The van der Waals surface area contributed by atoms with Gasteiger partial charge in [0.05, 0.1) is 6.10 Å². The van der Waals surface area contributed by atoms with Gasteiger partial charge in [-0.3, -0.25) is 0 Å². The molecule has 0 radical (unpaired) electrons. The van der Waals surface area contributed by atoms with Crippen LogP contribution >= 0.6 is 0 Å². The number of carboxylic acid groups (broad SMARTS) is 2. The molecule has 0 spiro atoms. The number of fused-ring (bicyclic) bond motifs is 2. The largest absolute Gasteiger partial charge is 0.478 e. The summed E-state index contributed by atoms with van der Waals surface area (Å²) in [5, 5.41) is 15.6. The Hall–Kier alpha value is -2.96. The Morgan fingerprint density at radius 3 is 2.00 bits per heavy atom. The Morgan fingerprint density at radius 1 is 0.969 bits per heavy atom. The van der Waals surface area contributed by atoms with E-state index in [2.05, 4.69) is 60.4 Å². The van der Waals surface area contributed by atoms with E-state index in [0.717, 1.165) is 25.9 Å². The number of piperidine rings is 1. The first-order valence-electron chi connectivity index (χ1n) is 11.1. The number of hydrogen-bond donors (Lipinski definition) is 2. The van der Waals surface area contributed by atoms with E-state index in [4.69, 9.17) is 14.9 Å². The van der Waals surface area contributed by atoms with E-state index in [1.807, 2.05) is 0 Å². The lowest BCUT2D eigenvalue weighted by molar-refractivity contribution is -0.134. The maximum atomic E-state index is 9.55. The van der Waals surface area contributed by atoms with Gasteiger partial charge in [-0.1, -0.05) is 55.5 Å². The van der Waals surface area contributed by atoms with Crippen LogP contribution in [0.4, 0.5) is 0 Å². The van der Waals surface area contributed by atoms with Gasteiger partial charge in [0.1, 0.15) is 6.10 Å². The van der Waals surface area contributed by atoms with Crippen molar-refractivity contribution in [3.63, 3.8) is 0 Å². The van der Waals surface area contributed by atoms with Crippen molar-refractivity contribution in [3.8, 4) is 0 Å². The van der Waals surface area contributed by atoms with Crippen molar-refractivity contribution in [2.75, 3.05) is 19.6 Å². The molecular formula is C26H31NO5. The molecule has 1 aliphatic carbocycles. The summed E-state index contributed by atoms with van der Waals surface area (Å²) < 4.78 is 6.76. The molecule has 1 saturated heterocycles. The molecule has 2 N–H and O–H groups in total. The van der Waals surface area contributed by atoms with Crippen molar-refractivity contribution in [2.24, 2.45) is 0 Å². The monoisotopic (exact) mass is 437 g/mol. The molecule has 1 fully saturated rings. The van der Waals surface area contributed by atoms with Gasteiger partial charge in [0, 0.05) is 18.7 Å². The minimum Gasteiger partial charge on any atom is -0.478 e. The number of carbonyl (C=O) groups is 2. The van der Waals surface area contributed by atoms with Crippen LogP contribution in [0, 0.1) is 0 Å². The zero-order valence-corrected chi connectivity index (χ0v) is 18.4. The van der Waals surface area contributed by atoms with Crippen molar-refractivity contribution in [1.29, 1.82) is 0 Å². The van der Waals surface area contributed by atoms with Gasteiger partial charge in [0.2, 0.25) is 0 Å². The summed E-state index contributed by atoms with van der Waals surface area (Å²) in [6.45, 7) is 5.65. The second-order valence-corrected chi connectivity index (χ2v) is 8.08.